The van der Waals surface area contributed by atoms with Crippen molar-refractivity contribution in [3.05, 3.63) is 17.6 Å². The number of aryl methyl sites for hydroxylation is 1. The van der Waals surface area contributed by atoms with Gasteiger partial charge in [0.2, 0.25) is 0 Å². The molecule has 1 aliphatic carbocycles. The zero-order valence-corrected chi connectivity index (χ0v) is 8.64. The highest BCUT2D eigenvalue weighted by atomic mass is 19.4. The number of nitrogens with zero attached hydrogens (tertiary/aromatic N) is 2. The highest BCUT2D eigenvalue weighted by Crippen LogP contribution is 2.25. The van der Waals surface area contributed by atoms with Crippen molar-refractivity contribution in [2.75, 3.05) is 11.9 Å². The molecule has 1 N–H and O–H groups in total. The lowest BCUT2D eigenvalue weighted by molar-refractivity contribution is -0.115. The van der Waals surface area contributed by atoms with E-state index in [1.165, 1.54) is 6.33 Å². The summed E-state index contributed by atoms with van der Waals surface area (Å²) in [5, 5.41) is 2.34. The van der Waals surface area contributed by atoms with Crippen molar-refractivity contribution in [2.24, 2.45) is 0 Å². The molecule has 0 aliphatic heterocycles. The Kier molecular flexibility index (Phi) is 2.98. The van der Waals surface area contributed by atoms with Crippen LogP contribution in [0, 0.1) is 0 Å². The van der Waals surface area contributed by atoms with Gasteiger partial charge in [-0.15, -0.1) is 0 Å². The van der Waals surface area contributed by atoms with Crippen LogP contribution in [0.2, 0.25) is 0 Å². The maximum Gasteiger partial charge on any atom is 0.405 e. The zero-order chi connectivity index (χ0) is 11.6. The van der Waals surface area contributed by atoms with Crippen molar-refractivity contribution < 1.29 is 13.2 Å². The fourth-order valence-corrected chi connectivity index (χ4v) is 1.86. The molecule has 88 valence electrons. The van der Waals surface area contributed by atoms with Crippen LogP contribution < -0.4 is 5.32 Å². The second-order valence-corrected chi connectivity index (χ2v) is 3.82. The summed E-state index contributed by atoms with van der Waals surface area (Å²) in [6.07, 6.45) is 0.730. The molecule has 1 aromatic rings. The first-order chi connectivity index (χ1) is 7.56. The lowest BCUT2D eigenvalue weighted by atomic mass is 9.96. The summed E-state index contributed by atoms with van der Waals surface area (Å²) in [6.45, 7) is -1.05. The van der Waals surface area contributed by atoms with Crippen LogP contribution in [0.25, 0.3) is 0 Å². The second-order valence-electron chi connectivity index (χ2n) is 3.82. The van der Waals surface area contributed by atoms with E-state index in [4.69, 9.17) is 0 Å². The fraction of sp³-hybridized carbons (Fsp3) is 0.600. The molecule has 3 nitrogen and oxygen atoms in total. The van der Waals surface area contributed by atoms with Crippen LogP contribution in [0.15, 0.2) is 6.33 Å². The minimum Gasteiger partial charge on any atom is -0.361 e. The van der Waals surface area contributed by atoms with Gasteiger partial charge in [0.15, 0.2) is 0 Å². The first-order valence-electron chi connectivity index (χ1n) is 5.19. The molecule has 0 unspecified atom stereocenters. The van der Waals surface area contributed by atoms with Gasteiger partial charge in [-0.3, -0.25) is 0 Å². The molecule has 2 rings (SSSR count). The second kappa shape index (κ2) is 4.27. The van der Waals surface area contributed by atoms with E-state index in [0.29, 0.717) is 5.82 Å². The molecule has 1 aliphatic rings. The summed E-state index contributed by atoms with van der Waals surface area (Å²) in [5.74, 6) is 0.335. The number of nitrogens with one attached hydrogen (secondary N) is 1. The van der Waals surface area contributed by atoms with Crippen LogP contribution in [0.5, 0.6) is 0 Å². The molecular formula is C10H12F3N3. The lowest BCUT2D eigenvalue weighted by Crippen LogP contribution is -2.23. The number of anilines is 1. The molecule has 0 bridgehead atoms. The minimum atomic E-state index is -4.22. The van der Waals surface area contributed by atoms with Gasteiger partial charge in [0.05, 0.1) is 0 Å². The van der Waals surface area contributed by atoms with Crippen LogP contribution in [-0.4, -0.2) is 22.7 Å². The van der Waals surface area contributed by atoms with Crippen LogP contribution in [0.1, 0.15) is 24.1 Å². The number of alkyl halides is 3. The number of halogens is 3. The van der Waals surface area contributed by atoms with Gasteiger partial charge in [0.1, 0.15) is 18.7 Å². The molecule has 0 fully saturated rings. The first-order valence-corrected chi connectivity index (χ1v) is 5.19. The summed E-state index contributed by atoms with van der Waals surface area (Å²) in [5.41, 5.74) is 1.73. The lowest BCUT2D eigenvalue weighted by Gasteiger charge is -2.18. The van der Waals surface area contributed by atoms with Crippen molar-refractivity contribution >= 4 is 5.82 Å². The third-order valence-electron chi connectivity index (χ3n) is 2.58. The SMILES string of the molecule is FC(F)(F)CNc1ncnc2c1CCCC2. The molecule has 16 heavy (non-hydrogen) atoms. The zero-order valence-electron chi connectivity index (χ0n) is 8.64. The Labute approximate surface area is 91.1 Å². The Morgan fingerprint density at radius 3 is 2.69 bits per heavy atom. The maximum absolute atomic E-state index is 12.1. The molecular weight excluding hydrogens is 219 g/mol. The fourth-order valence-electron chi connectivity index (χ4n) is 1.86. The Morgan fingerprint density at radius 1 is 1.19 bits per heavy atom. The van der Waals surface area contributed by atoms with Gasteiger partial charge in [0, 0.05) is 11.3 Å². The highest BCUT2D eigenvalue weighted by molar-refractivity contribution is 5.47. The largest absolute Gasteiger partial charge is 0.405 e. The molecule has 6 heteroatoms. The van der Waals surface area contributed by atoms with Gasteiger partial charge in [-0.05, 0) is 25.7 Å². The van der Waals surface area contributed by atoms with Gasteiger partial charge in [-0.2, -0.15) is 13.2 Å². The van der Waals surface area contributed by atoms with Crippen LogP contribution in [-0.2, 0) is 12.8 Å². The topological polar surface area (TPSA) is 37.8 Å². The highest BCUT2D eigenvalue weighted by Gasteiger charge is 2.27. The van der Waals surface area contributed by atoms with Gasteiger partial charge in [0.25, 0.3) is 0 Å². The van der Waals surface area contributed by atoms with Crippen molar-refractivity contribution in [1.82, 2.24) is 9.97 Å². The number of hydrogen-bond acceptors (Lipinski definition) is 3. The van der Waals surface area contributed by atoms with Crippen molar-refractivity contribution in [2.45, 2.75) is 31.9 Å². The predicted octanol–water partition coefficient (Wildman–Crippen LogP) is 2.33. The van der Waals surface area contributed by atoms with Crippen molar-refractivity contribution in [3.63, 3.8) is 0 Å². The van der Waals surface area contributed by atoms with E-state index in [9.17, 15) is 13.2 Å². The Balaban J connectivity index is 2.15. The Morgan fingerprint density at radius 2 is 1.94 bits per heavy atom. The van der Waals surface area contributed by atoms with E-state index >= 15 is 0 Å². The average Bonchev–Trinajstić information content (AvgIpc) is 2.25. The van der Waals surface area contributed by atoms with Crippen LogP contribution in [0.4, 0.5) is 19.0 Å². The normalized spacial score (nSPS) is 15.7. The summed E-state index contributed by atoms with van der Waals surface area (Å²) in [6, 6.07) is 0. The number of rotatable bonds is 2. The van der Waals surface area contributed by atoms with Gasteiger partial charge >= 0.3 is 6.18 Å². The van der Waals surface area contributed by atoms with Crippen LogP contribution >= 0.6 is 0 Å². The van der Waals surface area contributed by atoms with E-state index in [2.05, 4.69) is 15.3 Å². The third-order valence-corrected chi connectivity index (χ3v) is 2.58. The Bertz CT molecular complexity index is 376. The van der Waals surface area contributed by atoms with Crippen molar-refractivity contribution in [3.8, 4) is 0 Å². The average molecular weight is 231 g/mol. The molecule has 1 heterocycles. The maximum atomic E-state index is 12.1. The van der Waals surface area contributed by atoms with E-state index in [0.717, 1.165) is 36.9 Å². The van der Waals surface area contributed by atoms with Gasteiger partial charge < -0.3 is 5.32 Å². The molecule has 0 amide bonds. The van der Waals surface area contributed by atoms with Crippen molar-refractivity contribution in [1.29, 1.82) is 0 Å². The summed E-state index contributed by atoms with van der Waals surface area (Å²) < 4.78 is 36.2. The number of aromatic nitrogens is 2. The molecule has 0 radical (unpaired) electrons. The third kappa shape index (κ3) is 2.62. The quantitative estimate of drug-likeness (QED) is 0.848. The molecule has 0 atom stereocenters. The standard InChI is InChI=1S/C10H12F3N3/c11-10(12,13)5-14-9-7-3-1-2-4-8(7)15-6-16-9/h6H,1-5H2,(H,14,15,16). The van der Waals surface area contributed by atoms with Crippen LogP contribution in [0.3, 0.4) is 0 Å². The number of fused-ring (bicyclic) bond motifs is 1. The minimum absolute atomic E-state index is 0.335. The smallest absolute Gasteiger partial charge is 0.361 e. The monoisotopic (exact) mass is 231 g/mol. The summed E-state index contributed by atoms with van der Waals surface area (Å²) >= 11 is 0. The molecule has 0 spiro atoms. The predicted molar refractivity (Wildman–Crippen MR) is 53.2 cm³/mol. The van der Waals surface area contributed by atoms with E-state index < -0.39 is 12.7 Å². The molecule has 0 aromatic carbocycles. The molecule has 0 saturated heterocycles. The molecule has 0 saturated carbocycles. The van der Waals surface area contributed by atoms with Gasteiger partial charge in [-0.1, -0.05) is 0 Å². The Hall–Kier alpha value is -1.33. The van der Waals surface area contributed by atoms with E-state index in [-0.39, 0.29) is 0 Å². The first kappa shape index (κ1) is 11.2. The van der Waals surface area contributed by atoms with Gasteiger partial charge in [-0.25, -0.2) is 9.97 Å². The molecule has 1 aromatic heterocycles. The summed E-state index contributed by atoms with van der Waals surface area (Å²) in [4.78, 5) is 7.96. The van der Waals surface area contributed by atoms with E-state index in [1.807, 2.05) is 0 Å². The van der Waals surface area contributed by atoms with E-state index in [1.54, 1.807) is 0 Å². The summed E-state index contributed by atoms with van der Waals surface area (Å²) in [7, 11) is 0. The number of hydrogen-bond donors (Lipinski definition) is 1.